The minimum Gasteiger partial charge on any atom is -0.493 e. The molecule has 2 aliphatic rings. The molecule has 0 spiro atoms. The number of imide groups is 1. The number of carbonyl (C=O) groups is 2. The standard InChI is InChI=1S/C24H24F2N2O4/c1-14-5-4-10-27(13-14)22-21(15-6-9-19(31-2)20(11-15)32-3)23(29)28(24(22)30)16-7-8-17(25)18(26)12-16/h6-9,11-12,14H,4-5,10,13H2,1-3H3. The summed E-state index contributed by atoms with van der Waals surface area (Å²) in [6.45, 7) is 3.34. The Kier molecular flexibility index (Phi) is 5.86. The van der Waals surface area contributed by atoms with Crippen molar-refractivity contribution in [3.05, 3.63) is 59.3 Å². The van der Waals surface area contributed by atoms with Crippen molar-refractivity contribution >= 4 is 23.1 Å². The average Bonchev–Trinajstić information content (AvgIpc) is 3.05. The normalized spacial score (nSPS) is 19.1. The molecule has 0 aromatic heterocycles. The minimum atomic E-state index is -1.13. The van der Waals surface area contributed by atoms with Gasteiger partial charge < -0.3 is 14.4 Å². The van der Waals surface area contributed by atoms with Crippen LogP contribution in [0.2, 0.25) is 0 Å². The number of piperidine rings is 1. The first-order chi connectivity index (χ1) is 15.3. The predicted octanol–water partition coefficient (Wildman–Crippen LogP) is 4.00. The van der Waals surface area contributed by atoms with Gasteiger partial charge in [-0.3, -0.25) is 9.59 Å². The fraction of sp³-hybridized carbons (Fsp3) is 0.333. The van der Waals surface area contributed by atoms with Crippen LogP contribution in [0, 0.1) is 17.6 Å². The number of carbonyl (C=O) groups excluding carboxylic acids is 2. The summed E-state index contributed by atoms with van der Waals surface area (Å²) in [5.74, 6) is -2.08. The minimum absolute atomic E-state index is 0.0167. The molecule has 1 fully saturated rings. The van der Waals surface area contributed by atoms with Crippen molar-refractivity contribution in [2.24, 2.45) is 5.92 Å². The number of rotatable bonds is 5. The van der Waals surface area contributed by atoms with Crippen molar-refractivity contribution in [3.63, 3.8) is 0 Å². The third-order valence-corrected chi connectivity index (χ3v) is 5.87. The lowest BCUT2D eigenvalue weighted by Crippen LogP contribution is -2.39. The maximum absolute atomic E-state index is 13.9. The van der Waals surface area contributed by atoms with Crippen LogP contribution in [-0.2, 0) is 9.59 Å². The van der Waals surface area contributed by atoms with Crippen LogP contribution < -0.4 is 14.4 Å². The molecular weight excluding hydrogens is 418 g/mol. The first kappa shape index (κ1) is 21.8. The molecule has 0 N–H and O–H groups in total. The topological polar surface area (TPSA) is 59.1 Å². The van der Waals surface area contributed by atoms with Crippen molar-refractivity contribution in [1.82, 2.24) is 4.90 Å². The number of hydrogen-bond acceptors (Lipinski definition) is 5. The Morgan fingerprint density at radius 1 is 0.938 bits per heavy atom. The highest BCUT2D eigenvalue weighted by Crippen LogP contribution is 2.39. The van der Waals surface area contributed by atoms with Gasteiger partial charge in [-0.25, -0.2) is 13.7 Å². The van der Waals surface area contributed by atoms with E-state index in [-0.39, 0.29) is 17.0 Å². The SMILES string of the molecule is COc1ccc(C2=C(N3CCCC(C)C3)C(=O)N(c3ccc(F)c(F)c3)C2=O)cc1OC. The lowest BCUT2D eigenvalue weighted by molar-refractivity contribution is -0.120. The number of halogens is 2. The molecule has 1 saturated heterocycles. The van der Waals surface area contributed by atoms with Crippen molar-refractivity contribution in [3.8, 4) is 11.5 Å². The number of methoxy groups -OCH3 is 2. The van der Waals surface area contributed by atoms with Crippen LogP contribution in [0.4, 0.5) is 14.5 Å². The number of amides is 2. The molecule has 0 saturated carbocycles. The number of anilines is 1. The molecule has 168 valence electrons. The van der Waals surface area contributed by atoms with Crippen LogP contribution in [0.25, 0.3) is 5.57 Å². The molecule has 2 amide bonds. The lowest BCUT2D eigenvalue weighted by Gasteiger charge is -2.33. The number of hydrogen-bond donors (Lipinski definition) is 0. The Morgan fingerprint density at radius 3 is 2.34 bits per heavy atom. The Hall–Kier alpha value is -3.42. The highest BCUT2D eigenvalue weighted by atomic mass is 19.2. The van der Waals surface area contributed by atoms with Crippen LogP contribution in [0.1, 0.15) is 25.3 Å². The summed E-state index contributed by atoms with van der Waals surface area (Å²) >= 11 is 0. The van der Waals surface area contributed by atoms with Gasteiger partial charge in [0.2, 0.25) is 0 Å². The highest BCUT2D eigenvalue weighted by molar-refractivity contribution is 6.45. The second-order valence-electron chi connectivity index (χ2n) is 8.03. The molecule has 2 aromatic carbocycles. The van der Waals surface area contributed by atoms with E-state index in [0.29, 0.717) is 36.1 Å². The zero-order chi connectivity index (χ0) is 23.0. The van der Waals surface area contributed by atoms with Gasteiger partial charge in [0.05, 0.1) is 25.5 Å². The molecule has 2 aromatic rings. The molecule has 1 atom stereocenters. The largest absolute Gasteiger partial charge is 0.493 e. The van der Waals surface area contributed by atoms with Gasteiger partial charge in [0.15, 0.2) is 23.1 Å². The Morgan fingerprint density at radius 2 is 1.69 bits per heavy atom. The Bertz CT molecular complexity index is 1120. The van der Waals surface area contributed by atoms with Gasteiger partial charge in [0.1, 0.15) is 5.70 Å². The zero-order valence-corrected chi connectivity index (χ0v) is 18.2. The van der Waals surface area contributed by atoms with Crippen molar-refractivity contribution in [2.45, 2.75) is 19.8 Å². The van der Waals surface area contributed by atoms with Crippen molar-refractivity contribution < 1.29 is 27.8 Å². The van der Waals surface area contributed by atoms with Crippen LogP contribution in [0.3, 0.4) is 0 Å². The van der Waals surface area contributed by atoms with E-state index in [1.165, 1.54) is 20.3 Å². The zero-order valence-electron chi connectivity index (χ0n) is 18.2. The molecule has 6 nitrogen and oxygen atoms in total. The van der Waals surface area contributed by atoms with Gasteiger partial charge in [-0.15, -0.1) is 0 Å². The summed E-state index contributed by atoms with van der Waals surface area (Å²) in [4.78, 5) is 29.9. The number of ether oxygens (including phenoxy) is 2. The van der Waals surface area contributed by atoms with Gasteiger partial charge in [0, 0.05) is 19.2 Å². The van der Waals surface area contributed by atoms with Gasteiger partial charge >= 0.3 is 0 Å². The van der Waals surface area contributed by atoms with E-state index < -0.39 is 23.4 Å². The second-order valence-corrected chi connectivity index (χ2v) is 8.03. The first-order valence-corrected chi connectivity index (χ1v) is 10.4. The Balaban J connectivity index is 1.86. The maximum Gasteiger partial charge on any atom is 0.282 e. The monoisotopic (exact) mass is 442 g/mol. The van der Waals surface area contributed by atoms with Crippen LogP contribution >= 0.6 is 0 Å². The third kappa shape index (κ3) is 3.70. The molecule has 0 radical (unpaired) electrons. The van der Waals surface area contributed by atoms with E-state index in [0.717, 1.165) is 29.9 Å². The predicted molar refractivity (Wildman–Crippen MR) is 115 cm³/mol. The van der Waals surface area contributed by atoms with E-state index in [4.69, 9.17) is 9.47 Å². The summed E-state index contributed by atoms with van der Waals surface area (Å²) in [6, 6.07) is 7.98. The maximum atomic E-state index is 13.9. The molecule has 2 heterocycles. The van der Waals surface area contributed by atoms with E-state index in [1.807, 2.05) is 4.90 Å². The molecule has 1 unspecified atom stereocenters. The summed E-state index contributed by atoms with van der Waals surface area (Å²) in [5.41, 5.74) is 0.935. The molecular formula is C24H24F2N2O4. The Labute approximate surface area is 185 Å². The van der Waals surface area contributed by atoms with Crippen molar-refractivity contribution in [2.75, 3.05) is 32.2 Å². The average molecular weight is 442 g/mol. The van der Waals surface area contributed by atoms with Gasteiger partial charge in [-0.05, 0) is 48.6 Å². The smallest absolute Gasteiger partial charge is 0.282 e. The van der Waals surface area contributed by atoms with E-state index >= 15 is 0 Å². The van der Waals surface area contributed by atoms with E-state index in [1.54, 1.807) is 18.2 Å². The number of likely N-dealkylation sites (tertiary alicyclic amines) is 1. The summed E-state index contributed by atoms with van der Waals surface area (Å²) in [6.07, 6.45) is 1.92. The summed E-state index contributed by atoms with van der Waals surface area (Å²) in [7, 11) is 2.99. The first-order valence-electron chi connectivity index (χ1n) is 10.4. The summed E-state index contributed by atoms with van der Waals surface area (Å²) in [5, 5.41) is 0. The van der Waals surface area contributed by atoms with Gasteiger partial charge in [-0.1, -0.05) is 13.0 Å². The number of nitrogens with zero attached hydrogens (tertiary/aromatic N) is 2. The highest BCUT2D eigenvalue weighted by Gasteiger charge is 2.43. The van der Waals surface area contributed by atoms with Crippen molar-refractivity contribution in [1.29, 1.82) is 0 Å². The quantitative estimate of drug-likeness (QED) is 0.656. The van der Waals surface area contributed by atoms with Gasteiger partial charge in [0.25, 0.3) is 11.8 Å². The molecule has 32 heavy (non-hydrogen) atoms. The van der Waals surface area contributed by atoms with Gasteiger partial charge in [-0.2, -0.15) is 0 Å². The molecule has 0 bridgehead atoms. The second kappa shape index (κ2) is 8.61. The number of benzene rings is 2. The van der Waals surface area contributed by atoms with Crippen LogP contribution in [-0.4, -0.2) is 44.0 Å². The molecule has 4 rings (SSSR count). The third-order valence-electron chi connectivity index (χ3n) is 5.87. The summed E-state index contributed by atoms with van der Waals surface area (Å²) < 4.78 is 38.0. The van der Waals surface area contributed by atoms with E-state index in [9.17, 15) is 18.4 Å². The van der Waals surface area contributed by atoms with Crippen LogP contribution in [0.15, 0.2) is 42.1 Å². The fourth-order valence-electron chi connectivity index (χ4n) is 4.31. The van der Waals surface area contributed by atoms with Crippen LogP contribution in [0.5, 0.6) is 11.5 Å². The fourth-order valence-corrected chi connectivity index (χ4v) is 4.31. The van der Waals surface area contributed by atoms with E-state index in [2.05, 4.69) is 6.92 Å². The molecule has 0 aliphatic carbocycles. The molecule has 2 aliphatic heterocycles. The lowest BCUT2D eigenvalue weighted by atomic mass is 9.97. The molecule has 8 heteroatoms.